The Labute approximate surface area is 143 Å². The quantitative estimate of drug-likeness (QED) is 0.832. The summed E-state index contributed by atoms with van der Waals surface area (Å²) in [5.74, 6) is 1.51. The summed E-state index contributed by atoms with van der Waals surface area (Å²) >= 11 is 0. The van der Waals surface area contributed by atoms with Crippen molar-refractivity contribution in [1.82, 2.24) is 4.90 Å². The Morgan fingerprint density at radius 3 is 2.59 bits per heavy atom. The molecule has 1 saturated carbocycles. The summed E-state index contributed by atoms with van der Waals surface area (Å²) in [6, 6.07) is 0. The molecule has 22 heavy (non-hydrogen) atoms. The molecule has 4 heteroatoms. The summed E-state index contributed by atoms with van der Waals surface area (Å²) in [6.07, 6.45) is 6.17. The van der Waals surface area contributed by atoms with Crippen LogP contribution in [-0.4, -0.2) is 48.5 Å². The molecule has 2 rings (SSSR count). The summed E-state index contributed by atoms with van der Waals surface area (Å²) < 4.78 is 6.04. The van der Waals surface area contributed by atoms with Crippen LogP contribution in [0, 0.1) is 17.3 Å². The third kappa shape index (κ3) is 6.74. The zero-order chi connectivity index (χ0) is 15.5. The van der Waals surface area contributed by atoms with E-state index in [-0.39, 0.29) is 18.5 Å². The highest BCUT2D eigenvalue weighted by molar-refractivity contribution is 5.85. The normalized spacial score (nSPS) is 34.0. The Hall–Kier alpha value is 0.170. The Balaban J connectivity index is 0.00000242. The van der Waals surface area contributed by atoms with E-state index in [1.807, 2.05) is 0 Å². The molecular formula is C18H36ClNO2. The molecule has 1 N–H and O–H groups in total. The Morgan fingerprint density at radius 2 is 1.95 bits per heavy atom. The number of aliphatic hydroxyl groups is 1. The minimum Gasteiger partial charge on any atom is -0.389 e. The van der Waals surface area contributed by atoms with Gasteiger partial charge >= 0.3 is 0 Å². The lowest BCUT2D eigenvalue weighted by Gasteiger charge is -2.39. The van der Waals surface area contributed by atoms with Gasteiger partial charge in [0.15, 0.2) is 0 Å². The maximum atomic E-state index is 10.2. The lowest BCUT2D eigenvalue weighted by Crippen LogP contribution is -2.42. The largest absolute Gasteiger partial charge is 0.389 e. The van der Waals surface area contributed by atoms with E-state index in [0.717, 1.165) is 44.3 Å². The van der Waals surface area contributed by atoms with Gasteiger partial charge in [-0.3, -0.25) is 0 Å². The smallest absolute Gasteiger partial charge is 0.0900 e. The van der Waals surface area contributed by atoms with Gasteiger partial charge < -0.3 is 14.7 Å². The van der Waals surface area contributed by atoms with Crippen LogP contribution < -0.4 is 0 Å². The molecule has 0 radical (unpaired) electrons. The van der Waals surface area contributed by atoms with Gasteiger partial charge in [0.1, 0.15) is 0 Å². The van der Waals surface area contributed by atoms with Crippen molar-refractivity contribution in [2.45, 2.75) is 72.0 Å². The van der Waals surface area contributed by atoms with Crippen LogP contribution in [0.1, 0.15) is 59.8 Å². The highest BCUT2D eigenvalue weighted by Crippen LogP contribution is 2.39. The molecule has 1 saturated heterocycles. The van der Waals surface area contributed by atoms with Crippen molar-refractivity contribution < 1.29 is 9.84 Å². The second kappa shape index (κ2) is 8.86. The van der Waals surface area contributed by atoms with Crippen LogP contribution in [0.4, 0.5) is 0 Å². The Morgan fingerprint density at radius 1 is 1.23 bits per heavy atom. The fourth-order valence-corrected chi connectivity index (χ4v) is 4.44. The monoisotopic (exact) mass is 333 g/mol. The van der Waals surface area contributed by atoms with E-state index in [2.05, 4.69) is 32.6 Å². The summed E-state index contributed by atoms with van der Waals surface area (Å²) in [6.45, 7) is 12.8. The second-order valence-corrected chi connectivity index (χ2v) is 8.53. The number of β-amino-alcohol motifs (C(OH)–C–C–N with tert-alkyl or cyclic N) is 1. The van der Waals surface area contributed by atoms with Crippen LogP contribution in [0.15, 0.2) is 0 Å². The molecule has 132 valence electrons. The summed E-state index contributed by atoms with van der Waals surface area (Å²) in [5, 5.41) is 10.2. The summed E-state index contributed by atoms with van der Waals surface area (Å²) in [5.41, 5.74) is 0.385. The van der Waals surface area contributed by atoms with Crippen molar-refractivity contribution in [2.75, 3.05) is 26.2 Å². The van der Waals surface area contributed by atoms with Crippen molar-refractivity contribution in [1.29, 1.82) is 0 Å². The third-order valence-electron chi connectivity index (χ3n) is 5.08. The predicted octanol–water partition coefficient (Wildman–Crippen LogP) is 3.73. The molecule has 1 aliphatic heterocycles. The lowest BCUT2D eigenvalue weighted by atomic mass is 9.71. The van der Waals surface area contributed by atoms with Crippen molar-refractivity contribution in [3.63, 3.8) is 0 Å². The molecule has 0 aromatic rings. The summed E-state index contributed by atoms with van der Waals surface area (Å²) in [7, 11) is 0. The van der Waals surface area contributed by atoms with Gasteiger partial charge in [0.05, 0.1) is 18.8 Å². The first-order valence-electron chi connectivity index (χ1n) is 8.86. The van der Waals surface area contributed by atoms with Gasteiger partial charge in [0, 0.05) is 13.1 Å². The molecule has 3 nitrogen and oxygen atoms in total. The number of halogens is 1. The number of piperidine rings is 1. The van der Waals surface area contributed by atoms with E-state index in [0.29, 0.717) is 18.1 Å². The van der Waals surface area contributed by atoms with Gasteiger partial charge in [-0.2, -0.15) is 0 Å². The molecule has 0 aromatic heterocycles. The maximum absolute atomic E-state index is 10.2. The molecule has 0 bridgehead atoms. The number of nitrogens with zero attached hydrogens (tertiary/aromatic N) is 1. The lowest BCUT2D eigenvalue weighted by molar-refractivity contribution is -0.0630. The van der Waals surface area contributed by atoms with Gasteiger partial charge in [-0.05, 0) is 55.9 Å². The molecular weight excluding hydrogens is 298 g/mol. The average Bonchev–Trinajstić information content (AvgIpc) is 2.34. The first kappa shape index (κ1) is 20.2. The molecule has 1 heterocycles. The fourth-order valence-electron chi connectivity index (χ4n) is 4.44. The third-order valence-corrected chi connectivity index (χ3v) is 5.08. The highest BCUT2D eigenvalue weighted by atomic mass is 35.5. The number of rotatable bonds is 5. The van der Waals surface area contributed by atoms with Crippen LogP contribution in [0.25, 0.3) is 0 Å². The zero-order valence-electron chi connectivity index (χ0n) is 14.9. The minimum absolute atomic E-state index is 0. The first-order chi connectivity index (χ1) is 9.84. The highest BCUT2D eigenvalue weighted by Gasteiger charge is 2.32. The fraction of sp³-hybridized carbons (Fsp3) is 1.00. The van der Waals surface area contributed by atoms with E-state index in [1.54, 1.807) is 0 Å². The number of ether oxygens (including phenoxy) is 1. The number of hydrogen-bond acceptors (Lipinski definition) is 3. The first-order valence-corrected chi connectivity index (χ1v) is 8.86. The molecule has 4 unspecified atom stereocenters. The standard InChI is InChI=1S/C18H35NO2.ClH/c1-14-6-5-7-19(11-14)12-16(20)13-21-17-8-15(2)9-18(3,4)10-17;/h14-17,20H,5-13H2,1-4H3;1H. The molecule has 0 aromatic carbocycles. The van der Waals surface area contributed by atoms with Crippen molar-refractivity contribution in [3.8, 4) is 0 Å². The molecule has 0 spiro atoms. The number of likely N-dealkylation sites (tertiary alicyclic amines) is 1. The average molecular weight is 334 g/mol. The van der Waals surface area contributed by atoms with E-state index < -0.39 is 0 Å². The molecule has 1 aliphatic carbocycles. The van der Waals surface area contributed by atoms with E-state index in [4.69, 9.17) is 4.74 Å². The zero-order valence-corrected chi connectivity index (χ0v) is 15.7. The van der Waals surface area contributed by atoms with E-state index >= 15 is 0 Å². The maximum Gasteiger partial charge on any atom is 0.0900 e. The van der Waals surface area contributed by atoms with Crippen LogP contribution in [0.3, 0.4) is 0 Å². The van der Waals surface area contributed by atoms with Crippen LogP contribution >= 0.6 is 12.4 Å². The number of hydrogen-bond donors (Lipinski definition) is 1. The number of aliphatic hydroxyl groups excluding tert-OH is 1. The van der Waals surface area contributed by atoms with Crippen LogP contribution in [0.5, 0.6) is 0 Å². The molecule has 2 aliphatic rings. The topological polar surface area (TPSA) is 32.7 Å². The van der Waals surface area contributed by atoms with E-state index in [1.165, 1.54) is 19.3 Å². The Kier molecular flexibility index (Phi) is 8.15. The van der Waals surface area contributed by atoms with Gasteiger partial charge in [0.2, 0.25) is 0 Å². The molecule has 4 atom stereocenters. The van der Waals surface area contributed by atoms with Gasteiger partial charge in [-0.25, -0.2) is 0 Å². The minimum atomic E-state index is -0.337. The SMILES string of the molecule is CC1CCCN(CC(O)COC2CC(C)CC(C)(C)C2)C1.Cl. The van der Waals surface area contributed by atoms with Crippen molar-refractivity contribution in [2.24, 2.45) is 17.3 Å². The Bertz CT molecular complexity index is 324. The van der Waals surface area contributed by atoms with Crippen molar-refractivity contribution >= 4 is 12.4 Å². The molecule has 2 fully saturated rings. The van der Waals surface area contributed by atoms with Gasteiger partial charge in [0.25, 0.3) is 0 Å². The van der Waals surface area contributed by atoms with Crippen LogP contribution in [0.2, 0.25) is 0 Å². The second-order valence-electron chi connectivity index (χ2n) is 8.53. The van der Waals surface area contributed by atoms with Gasteiger partial charge in [-0.15, -0.1) is 12.4 Å². The molecule has 0 amide bonds. The predicted molar refractivity (Wildman–Crippen MR) is 94.6 cm³/mol. The van der Waals surface area contributed by atoms with Gasteiger partial charge in [-0.1, -0.05) is 27.7 Å². The van der Waals surface area contributed by atoms with Crippen molar-refractivity contribution in [3.05, 3.63) is 0 Å². The summed E-state index contributed by atoms with van der Waals surface area (Å²) in [4.78, 5) is 2.40. The van der Waals surface area contributed by atoms with E-state index in [9.17, 15) is 5.11 Å². The van der Waals surface area contributed by atoms with Crippen LogP contribution in [-0.2, 0) is 4.74 Å².